The summed E-state index contributed by atoms with van der Waals surface area (Å²) in [6.45, 7) is 0. The van der Waals surface area contributed by atoms with Gasteiger partial charge in [-0.05, 0) is 62.1 Å². The number of aryl methyl sites for hydroxylation is 2. The van der Waals surface area contributed by atoms with Gasteiger partial charge in [0, 0.05) is 28.2 Å². The molecule has 94 valence electrons. The fourth-order valence-electron chi connectivity index (χ4n) is 2.62. The van der Waals surface area contributed by atoms with Crippen molar-refractivity contribution in [3.8, 4) is 0 Å². The second-order valence-electron chi connectivity index (χ2n) is 4.85. The summed E-state index contributed by atoms with van der Waals surface area (Å²) in [6.07, 6.45) is 8.69. The van der Waals surface area contributed by atoms with Gasteiger partial charge in [-0.3, -0.25) is 4.98 Å². The molecule has 0 spiro atoms. The van der Waals surface area contributed by atoms with Gasteiger partial charge in [-0.15, -0.1) is 11.3 Å². The van der Waals surface area contributed by atoms with Crippen molar-refractivity contribution in [2.75, 3.05) is 7.05 Å². The number of thiophene rings is 1. The van der Waals surface area contributed by atoms with Gasteiger partial charge in [0.1, 0.15) is 0 Å². The van der Waals surface area contributed by atoms with E-state index in [2.05, 4.69) is 35.5 Å². The second kappa shape index (κ2) is 5.21. The van der Waals surface area contributed by atoms with E-state index >= 15 is 0 Å². The van der Waals surface area contributed by atoms with Crippen LogP contribution in [-0.2, 0) is 19.3 Å². The fourth-order valence-corrected chi connectivity index (χ4v) is 3.99. The molecular formula is C15H18N2S. The molecule has 0 saturated carbocycles. The summed E-state index contributed by atoms with van der Waals surface area (Å²) < 4.78 is 0. The van der Waals surface area contributed by atoms with E-state index in [0.29, 0.717) is 6.04 Å². The molecule has 0 amide bonds. The molecule has 2 nitrogen and oxygen atoms in total. The van der Waals surface area contributed by atoms with Gasteiger partial charge in [0.2, 0.25) is 0 Å². The van der Waals surface area contributed by atoms with Crippen molar-refractivity contribution in [1.29, 1.82) is 0 Å². The molecule has 2 aromatic heterocycles. The minimum absolute atomic E-state index is 0.433. The third-order valence-electron chi connectivity index (χ3n) is 3.65. The SMILES string of the molecule is CNC(Cc1ccncc1)c1cc2c(s1)CCC2. The maximum atomic E-state index is 4.07. The van der Waals surface area contributed by atoms with E-state index in [1.54, 1.807) is 10.4 Å². The lowest BCUT2D eigenvalue weighted by molar-refractivity contribution is 0.601. The fraction of sp³-hybridized carbons (Fsp3) is 0.400. The zero-order valence-electron chi connectivity index (χ0n) is 10.6. The highest BCUT2D eigenvalue weighted by atomic mass is 32.1. The first-order chi connectivity index (χ1) is 8.86. The van der Waals surface area contributed by atoms with E-state index < -0.39 is 0 Å². The van der Waals surface area contributed by atoms with Gasteiger partial charge in [-0.25, -0.2) is 0 Å². The highest BCUT2D eigenvalue weighted by Crippen LogP contribution is 2.34. The van der Waals surface area contributed by atoms with E-state index in [-0.39, 0.29) is 0 Å². The number of pyridine rings is 1. The predicted octanol–water partition coefficient (Wildman–Crippen LogP) is 3.14. The molecule has 1 N–H and O–H groups in total. The van der Waals surface area contributed by atoms with E-state index in [1.807, 2.05) is 23.7 Å². The Morgan fingerprint density at radius 2 is 2.17 bits per heavy atom. The van der Waals surface area contributed by atoms with Gasteiger partial charge in [0.15, 0.2) is 0 Å². The Bertz CT molecular complexity index is 497. The van der Waals surface area contributed by atoms with Crippen molar-refractivity contribution >= 4 is 11.3 Å². The van der Waals surface area contributed by atoms with Gasteiger partial charge in [0.05, 0.1) is 0 Å². The third kappa shape index (κ3) is 2.33. The smallest absolute Gasteiger partial charge is 0.0453 e. The first-order valence-corrected chi connectivity index (χ1v) is 7.36. The van der Waals surface area contributed by atoms with Crippen LogP contribution in [0.4, 0.5) is 0 Å². The number of aromatic nitrogens is 1. The topological polar surface area (TPSA) is 24.9 Å². The molecule has 2 heterocycles. The summed E-state index contributed by atoms with van der Waals surface area (Å²) >= 11 is 2.00. The highest BCUT2D eigenvalue weighted by molar-refractivity contribution is 7.12. The highest BCUT2D eigenvalue weighted by Gasteiger charge is 2.19. The van der Waals surface area contributed by atoms with Crippen molar-refractivity contribution in [3.63, 3.8) is 0 Å². The van der Waals surface area contributed by atoms with Gasteiger partial charge in [-0.1, -0.05) is 0 Å². The molecule has 0 aromatic carbocycles. The molecule has 0 aliphatic heterocycles. The van der Waals surface area contributed by atoms with E-state index in [1.165, 1.54) is 29.7 Å². The quantitative estimate of drug-likeness (QED) is 0.911. The molecular weight excluding hydrogens is 240 g/mol. The Labute approximate surface area is 112 Å². The first-order valence-electron chi connectivity index (χ1n) is 6.54. The van der Waals surface area contributed by atoms with Crippen molar-refractivity contribution in [1.82, 2.24) is 10.3 Å². The van der Waals surface area contributed by atoms with Gasteiger partial charge >= 0.3 is 0 Å². The predicted molar refractivity (Wildman–Crippen MR) is 76.1 cm³/mol. The number of nitrogens with one attached hydrogen (secondary N) is 1. The van der Waals surface area contributed by atoms with E-state index in [4.69, 9.17) is 0 Å². The standard InChI is InChI=1S/C15H18N2S/c1-16-13(9-11-5-7-17-8-6-11)15-10-12-3-2-4-14(12)18-15/h5-8,10,13,16H,2-4,9H2,1H3. The minimum atomic E-state index is 0.433. The summed E-state index contributed by atoms with van der Waals surface area (Å²) in [5.74, 6) is 0. The zero-order valence-corrected chi connectivity index (χ0v) is 11.5. The van der Waals surface area contributed by atoms with Crippen LogP contribution in [0.1, 0.15) is 33.3 Å². The first kappa shape index (κ1) is 11.9. The van der Waals surface area contributed by atoms with Crippen molar-refractivity contribution in [3.05, 3.63) is 51.5 Å². The molecule has 18 heavy (non-hydrogen) atoms. The van der Waals surface area contributed by atoms with Crippen LogP contribution < -0.4 is 5.32 Å². The Hall–Kier alpha value is -1.19. The Morgan fingerprint density at radius 1 is 1.33 bits per heavy atom. The molecule has 2 aromatic rings. The average Bonchev–Trinajstić information content (AvgIpc) is 2.98. The van der Waals surface area contributed by atoms with Crippen LogP contribution in [0.5, 0.6) is 0 Å². The molecule has 1 aliphatic rings. The summed E-state index contributed by atoms with van der Waals surface area (Å²) in [6, 6.07) is 7.05. The van der Waals surface area contributed by atoms with E-state index in [9.17, 15) is 0 Å². The minimum Gasteiger partial charge on any atom is -0.312 e. The summed E-state index contributed by atoms with van der Waals surface area (Å²) in [7, 11) is 2.05. The molecule has 1 atom stereocenters. The lowest BCUT2D eigenvalue weighted by Crippen LogP contribution is -2.17. The molecule has 0 saturated heterocycles. The van der Waals surface area contributed by atoms with Gasteiger partial charge in [0.25, 0.3) is 0 Å². The molecule has 0 bridgehead atoms. The summed E-state index contributed by atoms with van der Waals surface area (Å²) in [5, 5.41) is 3.45. The number of fused-ring (bicyclic) bond motifs is 1. The van der Waals surface area contributed by atoms with Crippen LogP contribution in [0.2, 0.25) is 0 Å². The lowest BCUT2D eigenvalue weighted by atomic mass is 10.1. The maximum Gasteiger partial charge on any atom is 0.0453 e. The number of nitrogens with zero attached hydrogens (tertiary/aromatic N) is 1. The Kier molecular flexibility index (Phi) is 3.43. The monoisotopic (exact) mass is 258 g/mol. The van der Waals surface area contributed by atoms with Gasteiger partial charge < -0.3 is 5.32 Å². The molecule has 0 radical (unpaired) electrons. The number of rotatable bonds is 4. The summed E-state index contributed by atoms with van der Waals surface area (Å²) in [4.78, 5) is 7.17. The number of likely N-dealkylation sites (N-methyl/N-ethyl adjacent to an activating group) is 1. The van der Waals surface area contributed by atoms with Crippen LogP contribution in [0.3, 0.4) is 0 Å². The van der Waals surface area contributed by atoms with Crippen LogP contribution in [0, 0.1) is 0 Å². The van der Waals surface area contributed by atoms with Crippen LogP contribution >= 0.6 is 11.3 Å². The van der Waals surface area contributed by atoms with Crippen LogP contribution in [0.15, 0.2) is 30.6 Å². The largest absolute Gasteiger partial charge is 0.312 e. The van der Waals surface area contributed by atoms with Crippen molar-refractivity contribution in [2.45, 2.75) is 31.7 Å². The van der Waals surface area contributed by atoms with Crippen molar-refractivity contribution in [2.24, 2.45) is 0 Å². The van der Waals surface area contributed by atoms with Crippen LogP contribution in [-0.4, -0.2) is 12.0 Å². The molecule has 1 unspecified atom stereocenters. The number of hydrogen-bond acceptors (Lipinski definition) is 3. The molecule has 1 aliphatic carbocycles. The third-order valence-corrected chi connectivity index (χ3v) is 5.00. The van der Waals surface area contributed by atoms with E-state index in [0.717, 1.165) is 6.42 Å². The molecule has 3 rings (SSSR count). The number of hydrogen-bond donors (Lipinski definition) is 1. The lowest BCUT2D eigenvalue weighted by Gasteiger charge is -2.14. The summed E-state index contributed by atoms with van der Waals surface area (Å²) in [5.41, 5.74) is 2.93. The average molecular weight is 258 g/mol. The van der Waals surface area contributed by atoms with Crippen molar-refractivity contribution < 1.29 is 0 Å². The Balaban J connectivity index is 1.79. The zero-order chi connectivity index (χ0) is 12.4. The Morgan fingerprint density at radius 3 is 2.89 bits per heavy atom. The molecule has 3 heteroatoms. The maximum absolute atomic E-state index is 4.07. The normalized spacial score (nSPS) is 15.6. The van der Waals surface area contributed by atoms with Gasteiger partial charge in [-0.2, -0.15) is 0 Å². The molecule has 0 fully saturated rings. The second-order valence-corrected chi connectivity index (χ2v) is 6.02. The van der Waals surface area contributed by atoms with Crippen LogP contribution in [0.25, 0.3) is 0 Å².